The van der Waals surface area contributed by atoms with E-state index in [1.54, 1.807) is 37.3 Å². The van der Waals surface area contributed by atoms with E-state index in [1.807, 2.05) is 0 Å². The molecule has 160 valence electrons. The number of halogens is 1. The van der Waals surface area contributed by atoms with Crippen LogP contribution in [0.25, 0.3) is 0 Å². The van der Waals surface area contributed by atoms with Crippen LogP contribution in [0.1, 0.15) is 27.2 Å². The van der Waals surface area contributed by atoms with Gasteiger partial charge in [0.05, 0.1) is 36.2 Å². The molecule has 3 aromatic rings. The third kappa shape index (κ3) is 4.89. The summed E-state index contributed by atoms with van der Waals surface area (Å²) in [6.07, 6.45) is 1.44. The number of carbonyl (C=O) groups excluding carboxylic acids is 1. The predicted molar refractivity (Wildman–Crippen MR) is 117 cm³/mol. The van der Waals surface area contributed by atoms with Gasteiger partial charge in [-0.1, -0.05) is 12.1 Å². The number of hydrogen-bond acceptors (Lipinski definition) is 7. The molecule has 0 aliphatic rings. The monoisotopic (exact) mass is 487 g/mol. The van der Waals surface area contributed by atoms with Crippen LogP contribution in [-0.2, 0) is 6.54 Å². The number of amides is 1. The lowest BCUT2D eigenvalue weighted by molar-refractivity contribution is -0.390. The van der Waals surface area contributed by atoms with Crippen molar-refractivity contribution < 1.29 is 19.6 Å². The quantitative estimate of drug-likeness (QED) is 0.298. The van der Waals surface area contributed by atoms with Crippen LogP contribution < -0.4 is 10.2 Å². The third-order valence-electron chi connectivity index (χ3n) is 4.44. The number of phenols is 1. The Bertz CT molecular complexity index is 1170. The van der Waals surface area contributed by atoms with Crippen LogP contribution in [0.3, 0.4) is 0 Å². The molecule has 0 saturated carbocycles. The minimum atomic E-state index is -0.554. The lowest BCUT2D eigenvalue weighted by Crippen LogP contribution is -2.17. The van der Waals surface area contributed by atoms with Gasteiger partial charge in [-0.05, 0) is 63.7 Å². The number of rotatable bonds is 7. The van der Waals surface area contributed by atoms with Crippen LogP contribution in [0, 0.1) is 17.0 Å². The van der Waals surface area contributed by atoms with E-state index < -0.39 is 10.8 Å². The van der Waals surface area contributed by atoms with E-state index in [1.165, 1.54) is 30.1 Å². The molecule has 2 aromatic carbocycles. The molecule has 0 atom stereocenters. The summed E-state index contributed by atoms with van der Waals surface area (Å²) < 4.78 is 7.20. The second-order valence-electron chi connectivity index (χ2n) is 6.43. The van der Waals surface area contributed by atoms with Gasteiger partial charge in [0, 0.05) is 5.56 Å². The fourth-order valence-corrected chi connectivity index (χ4v) is 3.26. The fourth-order valence-electron chi connectivity index (χ4n) is 2.83. The summed E-state index contributed by atoms with van der Waals surface area (Å²) >= 11 is 3.20. The molecule has 3 rings (SSSR count). The predicted octanol–water partition coefficient (Wildman–Crippen LogP) is 3.39. The summed E-state index contributed by atoms with van der Waals surface area (Å²) in [4.78, 5) is 22.7. The molecule has 31 heavy (non-hydrogen) atoms. The van der Waals surface area contributed by atoms with Crippen molar-refractivity contribution in [3.8, 4) is 11.5 Å². The lowest BCUT2D eigenvalue weighted by atomic mass is 10.1. The number of ether oxygens (including phenoxy) is 1. The van der Waals surface area contributed by atoms with Gasteiger partial charge in [0.1, 0.15) is 16.0 Å². The van der Waals surface area contributed by atoms with Gasteiger partial charge in [0.25, 0.3) is 5.91 Å². The molecule has 1 aromatic heterocycles. The third-order valence-corrected chi connectivity index (χ3v) is 5.37. The van der Waals surface area contributed by atoms with Crippen LogP contribution >= 0.6 is 15.9 Å². The average molecular weight is 488 g/mol. The SMILES string of the molecule is COc1ccc(/C=N\NC(=O)c2ccccc2O)cc1Cn1nc([N+](=O)[O-])c(Br)c1C. The summed E-state index contributed by atoms with van der Waals surface area (Å²) in [5, 5.41) is 28.8. The van der Waals surface area contributed by atoms with Gasteiger partial charge in [-0.3, -0.25) is 4.79 Å². The number of para-hydroxylation sites is 1. The van der Waals surface area contributed by atoms with Crippen molar-refractivity contribution in [1.82, 2.24) is 15.2 Å². The first kappa shape index (κ1) is 22.0. The zero-order valence-corrected chi connectivity index (χ0v) is 18.2. The average Bonchev–Trinajstić information content (AvgIpc) is 3.03. The number of hydrazone groups is 1. The van der Waals surface area contributed by atoms with Crippen molar-refractivity contribution in [3.05, 3.63) is 79.4 Å². The molecular weight excluding hydrogens is 470 g/mol. The highest BCUT2D eigenvalue weighted by Gasteiger charge is 2.24. The summed E-state index contributed by atoms with van der Waals surface area (Å²) in [7, 11) is 1.52. The van der Waals surface area contributed by atoms with Crippen molar-refractivity contribution in [1.29, 1.82) is 0 Å². The fraction of sp³-hybridized carbons (Fsp3) is 0.150. The zero-order valence-electron chi connectivity index (χ0n) is 16.6. The molecule has 10 nitrogen and oxygen atoms in total. The Morgan fingerprint density at radius 3 is 2.77 bits per heavy atom. The van der Waals surface area contributed by atoms with Crippen molar-refractivity contribution >= 4 is 33.9 Å². The second kappa shape index (κ2) is 9.39. The summed E-state index contributed by atoms with van der Waals surface area (Å²) in [6.45, 7) is 1.95. The Kier molecular flexibility index (Phi) is 6.65. The maximum atomic E-state index is 12.1. The minimum absolute atomic E-state index is 0.108. The van der Waals surface area contributed by atoms with Gasteiger partial charge >= 0.3 is 5.82 Å². The molecule has 0 unspecified atom stereocenters. The van der Waals surface area contributed by atoms with E-state index >= 15 is 0 Å². The highest BCUT2D eigenvalue weighted by molar-refractivity contribution is 9.10. The second-order valence-corrected chi connectivity index (χ2v) is 7.22. The molecule has 0 aliphatic heterocycles. The number of carbonyl (C=O) groups is 1. The molecule has 0 fully saturated rings. The van der Waals surface area contributed by atoms with Crippen molar-refractivity contribution in [2.24, 2.45) is 5.10 Å². The van der Waals surface area contributed by atoms with Crippen molar-refractivity contribution in [2.75, 3.05) is 7.11 Å². The molecule has 0 bridgehead atoms. The maximum absolute atomic E-state index is 12.1. The summed E-state index contributed by atoms with van der Waals surface area (Å²) in [6, 6.07) is 11.4. The molecule has 11 heteroatoms. The van der Waals surface area contributed by atoms with Crippen LogP contribution in [-0.4, -0.2) is 39.0 Å². The normalized spacial score (nSPS) is 10.9. The van der Waals surface area contributed by atoms with Crippen molar-refractivity contribution in [3.63, 3.8) is 0 Å². The molecule has 0 radical (unpaired) electrons. The number of hydrogen-bond donors (Lipinski definition) is 2. The van der Waals surface area contributed by atoms with Crippen molar-refractivity contribution in [2.45, 2.75) is 13.5 Å². The van der Waals surface area contributed by atoms with E-state index in [9.17, 15) is 20.0 Å². The topological polar surface area (TPSA) is 132 Å². The number of phenolic OH excluding ortho intramolecular Hbond substituents is 1. The van der Waals surface area contributed by atoms with Crippen LogP contribution in [0.4, 0.5) is 5.82 Å². The first-order valence-corrected chi connectivity index (χ1v) is 9.76. The number of nitro groups is 1. The van der Waals surface area contributed by atoms with Gasteiger partial charge < -0.3 is 20.0 Å². The molecule has 1 heterocycles. The first-order chi connectivity index (χ1) is 14.8. The molecule has 1 amide bonds. The largest absolute Gasteiger partial charge is 0.507 e. The van der Waals surface area contributed by atoms with E-state index in [-0.39, 0.29) is 23.7 Å². The Morgan fingerprint density at radius 2 is 2.13 bits per heavy atom. The standard InChI is InChI=1S/C20H18BrN5O5/c1-12-18(21)19(26(29)30)24-25(12)11-14-9-13(7-8-17(14)31-2)10-22-23-20(28)15-5-3-4-6-16(15)27/h3-10,27H,11H2,1-2H3,(H,23,28)/b22-10-. The molecular formula is C20H18BrN5O5. The summed E-state index contributed by atoms with van der Waals surface area (Å²) in [5.74, 6) is -0.380. The van der Waals surface area contributed by atoms with E-state index in [2.05, 4.69) is 31.6 Å². The Balaban J connectivity index is 1.80. The highest BCUT2D eigenvalue weighted by atomic mass is 79.9. The van der Waals surface area contributed by atoms with E-state index in [0.29, 0.717) is 27.0 Å². The van der Waals surface area contributed by atoms with E-state index in [4.69, 9.17) is 4.74 Å². The molecule has 0 saturated heterocycles. The Morgan fingerprint density at radius 1 is 1.39 bits per heavy atom. The van der Waals surface area contributed by atoms with Gasteiger partial charge in [-0.2, -0.15) is 9.78 Å². The Hall–Kier alpha value is -3.73. The van der Waals surface area contributed by atoms with Crippen LogP contribution in [0.15, 0.2) is 52.0 Å². The number of nitrogens with zero attached hydrogens (tertiary/aromatic N) is 4. The number of methoxy groups -OCH3 is 1. The summed E-state index contributed by atoms with van der Waals surface area (Å²) in [5.41, 5.74) is 4.44. The van der Waals surface area contributed by atoms with E-state index in [0.717, 1.165) is 0 Å². The highest BCUT2D eigenvalue weighted by Crippen LogP contribution is 2.29. The number of aromatic nitrogens is 2. The molecule has 0 spiro atoms. The van der Waals surface area contributed by atoms with Gasteiger partial charge in [0.15, 0.2) is 0 Å². The first-order valence-electron chi connectivity index (χ1n) is 8.97. The Labute approximate surface area is 185 Å². The minimum Gasteiger partial charge on any atom is -0.507 e. The number of benzene rings is 2. The van der Waals surface area contributed by atoms with Crippen LogP contribution in [0.5, 0.6) is 11.5 Å². The van der Waals surface area contributed by atoms with Gasteiger partial charge in [-0.15, -0.1) is 0 Å². The van der Waals surface area contributed by atoms with Gasteiger partial charge in [0.2, 0.25) is 0 Å². The number of nitrogens with one attached hydrogen (secondary N) is 1. The van der Waals surface area contributed by atoms with Crippen LogP contribution in [0.2, 0.25) is 0 Å². The smallest absolute Gasteiger partial charge is 0.404 e. The molecule has 0 aliphatic carbocycles. The zero-order chi connectivity index (χ0) is 22.5. The molecule has 2 N–H and O–H groups in total. The number of aromatic hydroxyl groups is 1. The van der Waals surface area contributed by atoms with Gasteiger partial charge in [-0.25, -0.2) is 5.43 Å². The maximum Gasteiger partial charge on any atom is 0.404 e. The lowest BCUT2D eigenvalue weighted by Gasteiger charge is -2.09.